The van der Waals surface area contributed by atoms with E-state index in [0.717, 1.165) is 19.3 Å². The minimum atomic E-state index is -3.48. The number of piperidine rings is 1. The van der Waals surface area contributed by atoms with Crippen molar-refractivity contribution in [2.24, 2.45) is 11.8 Å². The molecule has 1 N–H and O–H groups in total. The molecule has 2 atom stereocenters. The molecule has 126 valence electrons. The van der Waals surface area contributed by atoms with Crippen LogP contribution in [0, 0.1) is 11.8 Å². The maximum Gasteiger partial charge on any atom is 0.251 e. The molecule has 1 heterocycles. The fourth-order valence-corrected chi connectivity index (χ4v) is 4.91. The van der Waals surface area contributed by atoms with Gasteiger partial charge >= 0.3 is 0 Å². The van der Waals surface area contributed by atoms with Crippen LogP contribution in [0.5, 0.6) is 0 Å². The van der Waals surface area contributed by atoms with Crippen LogP contribution in [0.3, 0.4) is 0 Å². The second kappa shape index (κ2) is 6.24. The first-order valence-corrected chi connectivity index (χ1v) is 9.71. The van der Waals surface area contributed by atoms with Gasteiger partial charge in [0.25, 0.3) is 5.91 Å². The van der Waals surface area contributed by atoms with Gasteiger partial charge < -0.3 is 5.32 Å². The molecule has 1 aromatic carbocycles. The van der Waals surface area contributed by atoms with Gasteiger partial charge in [0.05, 0.1) is 4.90 Å². The first-order valence-electron chi connectivity index (χ1n) is 8.27. The Balaban J connectivity index is 1.75. The van der Waals surface area contributed by atoms with Crippen LogP contribution in [0.25, 0.3) is 0 Å². The van der Waals surface area contributed by atoms with Crippen molar-refractivity contribution >= 4 is 15.9 Å². The summed E-state index contributed by atoms with van der Waals surface area (Å²) in [5.41, 5.74) is 0.510. The van der Waals surface area contributed by atoms with Gasteiger partial charge in [-0.1, -0.05) is 13.8 Å². The molecular weight excluding hydrogens is 312 g/mol. The average Bonchev–Trinajstić information content (AvgIpc) is 3.30. The Morgan fingerprint density at radius 1 is 1.09 bits per heavy atom. The van der Waals surface area contributed by atoms with E-state index in [0.29, 0.717) is 36.5 Å². The molecule has 1 saturated carbocycles. The SMILES string of the molecule is C[C@H]1C[C@H](C)CN(S(=O)(=O)c2ccc(C(=O)NC3CC3)cc2)C1. The van der Waals surface area contributed by atoms with Gasteiger partial charge in [0.2, 0.25) is 10.0 Å². The van der Waals surface area contributed by atoms with Crippen molar-refractivity contribution in [3.63, 3.8) is 0 Å². The molecule has 5 nitrogen and oxygen atoms in total. The zero-order chi connectivity index (χ0) is 16.6. The van der Waals surface area contributed by atoms with E-state index in [1.54, 1.807) is 28.6 Å². The molecule has 0 aromatic heterocycles. The van der Waals surface area contributed by atoms with Gasteiger partial charge in [0.1, 0.15) is 0 Å². The van der Waals surface area contributed by atoms with Crippen molar-refractivity contribution in [3.8, 4) is 0 Å². The quantitative estimate of drug-likeness (QED) is 0.917. The van der Waals surface area contributed by atoms with Crippen LogP contribution in [0.2, 0.25) is 0 Å². The summed E-state index contributed by atoms with van der Waals surface area (Å²) in [6, 6.07) is 6.58. The first kappa shape index (κ1) is 16.5. The van der Waals surface area contributed by atoms with Crippen LogP contribution in [0.15, 0.2) is 29.2 Å². The highest BCUT2D eigenvalue weighted by Crippen LogP contribution is 2.27. The second-order valence-electron chi connectivity index (χ2n) is 7.04. The van der Waals surface area contributed by atoms with Crippen molar-refractivity contribution in [1.82, 2.24) is 9.62 Å². The Hall–Kier alpha value is -1.40. The van der Waals surface area contributed by atoms with Gasteiger partial charge in [-0.3, -0.25) is 4.79 Å². The van der Waals surface area contributed by atoms with Gasteiger partial charge in [-0.25, -0.2) is 8.42 Å². The standard InChI is InChI=1S/C17H24N2O3S/c1-12-9-13(2)11-19(10-12)23(21,22)16-7-3-14(4-8-16)17(20)18-15-5-6-15/h3-4,7-8,12-13,15H,5-6,9-11H2,1-2H3,(H,18,20)/t12-,13-/m0/s1. The fourth-order valence-electron chi connectivity index (χ4n) is 3.23. The van der Waals surface area contributed by atoms with Crippen LogP contribution in [-0.2, 0) is 10.0 Å². The third kappa shape index (κ3) is 3.75. The number of nitrogens with zero attached hydrogens (tertiary/aromatic N) is 1. The number of hydrogen-bond donors (Lipinski definition) is 1. The molecule has 1 aromatic rings. The van der Waals surface area contributed by atoms with Gasteiger partial charge in [-0.15, -0.1) is 0 Å². The Bertz CT molecular complexity index is 670. The van der Waals surface area contributed by atoms with Crippen LogP contribution < -0.4 is 5.32 Å². The predicted octanol–water partition coefficient (Wildman–Crippen LogP) is 2.25. The van der Waals surface area contributed by atoms with E-state index in [-0.39, 0.29) is 10.8 Å². The lowest BCUT2D eigenvalue weighted by molar-refractivity contribution is 0.0951. The van der Waals surface area contributed by atoms with Crippen LogP contribution in [0.1, 0.15) is 43.5 Å². The van der Waals surface area contributed by atoms with Crippen molar-refractivity contribution in [3.05, 3.63) is 29.8 Å². The van der Waals surface area contributed by atoms with Crippen LogP contribution >= 0.6 is 0 Å². The second-order valence-corrected chi connectivity index (χ2v) is 8.98. The van der Waals surface area contributed by atoms with Gasteiger partial charge in [-0.05, 0) is 55.4 Å². The topological polar surface area (TPSA) is 66.5 Å². The molecule has 3 rings (SSSR count). The average molecular weight is 336 g/mol. The normalized spacial score (nSPS) is 26.0. The maximum atomic E-state index is 12.8. The van der Waals surface area contributed by atoms with Crippen molar-refractivity contribution < 1.29 is 13.2 Å². The Morgan fingerprint density at radius 2 is 1.65 bits per heavy atom. The summed E-state index contributed by atoms with van der Waals surface area (Å²) in [6.45, 7) is 5.31. The predicted molar refractivity (Wildman–Crippen MR) is 88.6 cm³/mol. The number of sulfonamides is 1. The van der Waals surface area contributed by atoms with E-state index >= 15 is 0 Å². The third-order valence-corrected chi connectivity index (χ3v) is 6.35. The van der Waals surface area contributed by atoms with Crippen LogP contribution in [0.4, 0.5) is 0 Å². The fraction of sp³-hybridized carbons (Fsp3) is 0.588. The number of carbonyl (C=O) groups is 1. The molecule has 1 aliphatic carbocycles. The highest BCUT2D eigenvalue weighted by Gasteiger charge is 2.31. The molecule has 0 radical (unpaired) electrons. The molecule has 6 heteroatoms. The zero-order valence-electron chi connectivity index (χ0n) is 13.7. The zero-order valence-corrected chi connectivity index (χ0v) is 14.5. The van der Waals surface area contributed by atoms with Gasteiger partial charge in [0.15, 0.2) is 0 Å². The molecular formula is C17H24N2O3S. The molecule has 2 fully saturated rings. The number of benzene rings is 1. The third-order valence-electron chi connectivity index (χ3n) is 4.50. The molecule has 1 aliphatic heterocycles. The molecule has 1 amide bonds. The molecule has 0 unspecified atom stereocenters. The van der Waals surface area contributed by atoms with E-state index in [4.69, 9.17) is 0 Å². The van der Waals surface area contributed by atoms with E-state index in [2.05, 4.69) is 19.2 Å². The minimum Gasteiger partial charge on any atom is -0.349 e. The molecule has 23 heavy (non-hydrogen) atoms. The van der Waals surface area contributed by atoms with E-state index < -0.39 is 10.0 Å². The summed E-state index contributed by atoms with van der Waals surface area (Å²) in [6.07, 6.45) is 3.12. The van der Waals surface area contributed by atoms with Gasteiger partial charge in [-0.2, -0.15) is 4.31 Å². The lowest BCUT2D eigenvalue weighted by Gasteiger charge is -2.34. The molecule has 0 spiro atoms. The monoisotopic (exact) mass is 336 g/mol. The molecule has 1 saturated heterocycles. The summed E-state index contributed by atoms with van der Waals surface area (Å²) in [5, 5.41) is 2.90. The van der Waals surface area contributed by atoms with Crippen molar-refractivity contribution in [2.45, 2.75) is 44.0 Å². The Kier molecular flexibility index (Phi) is 4.47. The van der Waals surface area contributed by atoms with Crippen LogP contribution in [-0.4, -0.2) is 37.8 Å². The minimum absolute atomic E-state index is 0.128. The largest absolute Gasteiger partial charge is 0.349 e. The number of rotatable bonds is 4. The number of amides is 1. The highest BCUT2D eigenvalue weighted by molar-refractivity contribution is 7.89. The Morgan fingerprint density at radius 3 is 2.17 bits per heavy atom. The number of carbonyl (C=O) groups excluding carboxylic acids is 1. The lowest BCUT2D eigenvalue weighted by Crippen LogP contribution is -2.42. The summed E-state index contributed by atoms with van der Waals surface area (Å²) in [4.78, 5) is 12.2. The summed E-state index contributed by atoms with van der Waals surface area (Å²) in [5.74, 6) is 0.617. The number of nitrogens with one attached hydrogen (secondary N) is 1. The Labute approximate surface area is 138 Å². The molecule has 2 aliphatic rings. The van der Waals surface area contributed by atoms with E-state index in [1.165, 1.54) is 0 Å². The van der Waals surface area contributed by atoms with Crippen molar-refractivity contribution in [1.29, 1.82) is 0 Å². The summed E-state index contributed by atoms with van der Waals surface area (Å²) >= 11 is 0. The highest BCUT2D eigenvalue weighted by atomic mass is 32.2. The smallest absolute Gasteiger partial charge is 0.251 e. The first-order chi connectivity index (χ1) is 10.9. The van der Waals surface area contributed by atoms with Crippen molar-refractivity contribution in [2.75, 3.05) is 13.1 Å². The van der Waals surface area contributed by atoms with Gasteiger partial charge in [0, 0.05) is 24.7 Å². The van der Waals surface area contributed by atoms with E-state index in [1.807, 2.05) is 0 Å². The number of hydrogen-bond acceptors (Lipinski definition) is 3. The summed E-state index contributed by atoms with van der Waals surface area (Å²) in [7, 11) is -3.48. The lowest BCUT2D eigenvalue weighted by atomic mass is 9.94. The molecule has 0 bridgehead atoms. The maximum absolute atomic E-state index is 12.8. The van der Waals surface area contributed by atoms with E-state index in [9.17, 15) is 13.2 Å². The summed E-state index contributed by atoms with van der Waals surface area (Å²) < 4.78 is 27.1.